The van der Waals surface area contributed by atoms with Gasteiger partial charge in [0.2, 0.25) is 0 Å². The van der Waals surface area contributed by atoms with Crippen molar-refractivity contribution >= 4 is 23.2 Å². The molecule has 25 heavy (non-hydrogen) atoms. The minimum Gasteiger partial charge on any atom is -0.373 e. The van der Waals surface area contributed by atoms with Gasteiger partial charge in [-0.3, -0.25) is 4.57 Å². The monoisotopic (exact) mass is 373 g/mol. The van der Waals surface area contributed by atoms with Gasteiger partial charge in [0, 0.05) is 27.7 Å². The standard InChI is InChI=1S/C19H17Cl2N3O/c1-23(2)11-13-10-22-18-19(25,14-5-3-4-6-16(14)21)15-9-12(20)7-8-17(15)24(13)18/h3-10,25H,11H2,1-2H3. The molecule has 0 amide bonds. The van der Waals surface area contributed by atoms with Crippen LogP contribution in [0.5, 0.6) is 0 Å². The van der Waals surface area contributed by atoms with Crippen molar-refractivity contribution in [2.75, 3.05) is 14.1 Å². The van der Waals surface area contributed by atoms with Gasteiger partial charge < -0.3 is 10.0 Å². The van der Waals surface area contributed by atoms with Gasteiger partial charge in [0.1, 0.15) is 0 Å². The van der Waals surface area contributed by atoms with Crippen molar-refractivity contribution in [1.29, 1.82) is 0 Å². The quantitative estimate of drug-likeness (QED) is 0.758. The number of aromatic nitrogens is 2. The van der Waals surface area contributed by atoms with Gasteiger partial charge in [0.05, 0.1) is 17.6 Å². The third-order valence-electron chi connectivity index (χ3n) is 4.49. The van der Waals surface area contributed by atoms with Crippen LogP contribution in [0.3, 0.4) is 0 Å². The Morgan fingerprint density at radius 3 is 2.60 bits per heavy atom. The average Bonchev–Trinajstić information content (AvgIpc) is 3.07. The first kappa shape index (κ1) is 16.6. The highest BCUT2D eigenvalue weighted by molar-refractivity contribution is 6.31. The van der Waals surface area contributed by atoms with E-state index in [2.05, 4.69) is 9.88 Å². The summed E-state index contributed by atoms with van der Waals surface area (Å²) in [7, 11) is 4.00. The first-order valence-electron chi connectivity index (χ1n) is 7.92. The van der Waals surface area contributed by atoms with Crippen LogP contribution in [-0.4, -0.2) is 33.7 Å². The van der Waals surface area contributed by atoms with Gasteiger partial charge >= 0.3 is 0 Å². The summed E-state index contributed by atoms with van der Waals surface area (Å²) in [6, 6.07) is 12.8. The Labute approximate surface area is 156 Å². The molecule has 0 aliphatic carbocycles. The first-order chi connectivity index (χ1) is 11.9. The molecule has 1 atom stereocenters. The van der Waals surface area contributed by atoms with E-state index < -0.39 is 5.60 Å². The number of halogens is 2. The van der Waals surface area contributed by atoms with Gasteiger partial charge in [0.25, 0.3) is 0 Å². The molecular formula is C19H17Cl2N3O. The Bertz CT molecular complexity index is 967. The van der Waals surface area contributed by atoms with Crippen LogP contribution in [-0.2, 0) is 12.1 Å². The summed E-state index contributed by atoms with van der Waals surface area (Å²) in [6.07, 6.45) is 1.80. The van der Waals surface area contributed by atoms with E-state index in [4.69, 9.17) is 23.2 Å². The summed E-state index contributed by atoms with van der Waals surface area (Å²) in [5.74, 6) is 0.537. The molecule has 1 aliphatic heterocycles. The van der Waals surface area contributed by atoms with E-state index in [1.54, 1.807) is 18.3 Å². The third kappa shape index (κ3) is 2.41. The molecule has 1 N–H and O–H groups in total. The number of imidazole rings is 1. The smallest absolute Gasteiger partial charge is 0.177 e. The molecule has 0 fully saturated rings. The lowest BCUT2D eigenvalue weighted by Crippen LogP contribution is -2.28. The molecule has 4 rings (SSSR count). The Balaban J connectivity index is 2.04. The molecule has 0 saturated carbocycles. The van der Waals surface area contributed by atoms with Crippen molar-refractivity contribution in [3.8, 4) is 5.69 Å². The summed E-state index contributed by atoms with van der Waals surface area (Å²) in [4.78, 5) is 6.61. The van der Waals surface area contributed by atoms with Crippen LogP contribution in [0.25, 0.3) is 5.69 Å². The molecule has 2 aromatic carbocycles. The number of nitrogens with zero attached hydrogens (tertiary/aromatic N) is 3. The van der Waals surface area contributed by atoms with E-state index in [9.17, 15) is 5.11 Å². The third-order valence-corrected chi connectivity index (χ3v) is 5.05. The van der Waals surface area contributed by atoms with E-state index >= 15 is 0 Å². The fraction of sp³-hybridized carbons (Fsp3) is 0.211. The molecule has 4 nitrogen and oxygen atoms in total. The molecular weight excluding hydrogens is 357 g/mol. The van der Waals surface area contributed by atoms with Crippen molar-refractivity contribution in [3.05, 3.63) is 81.4 Å². The largest absolute Gasteiger partial charge is 0.373 e. The Kier molecular flexibility index (Phi) is 3.89. The molecule has 0 radical (unpaired) electrons. The highest BCUT2D eigenvalue weighted by Gasteiger charge is 2.47. The second kappa shape index (κ2) is 5.85. The van der Waals surface area contributed by atoms with Crippen molar-refractivity contribution in [2.45, 2.75) is 12.1 Å². The minimum absolute atomic E-state index is 0.488. The molecule has 0 bridgehead atoms. The maximum absolute atomic E-state index is 11.8. The second-order valence-electron chi connectivity index (χ2n) is 6.50. The van der Waals surface area contributed by atoms with Gasteiger partial charge in [-0.1, -0.05) is 41.4 Å². The summed E-state index contributed by atoms with van der Waals surface area (Å²) >= 11 is 12.6. The van der Waals surface area contributed by atoms with Crippen LogP contribution in [0.15, 0.2) is 48.7 Å². The molecule has 6 heteroatoms. The van der Waals surface area contributed by atoms with Gasteiger partial charge in [-0.25, -0.2) is 4.98 Å². The zero-order valence-electron chi connectivity index (χ0n) is 13.9. The van der Waals surface area contributed by atoms with E-state index in [0.29, 0.717) is 33.5 Å². The number of benzene rings is 2. The zero-order chi connectivity index (χ0) is 17.8. The normalized spacial score (nSPS) is 18.5. The zero-order valence-corrected chi connectivity index (χ0v) is 15.4. The Morgan fingerprint density at radius 1 is 1.12 bits per heavy atom. The highest BCUT2D eigenvalue weighted by atomic mass is 35.5. The SMILES string of the molecule is CN(C)Cc1cnc2n1-c1ccc(Cl)cc1C2(O)c1ccccc1Cl. The molecule has 1 aromatic heterocycles. The van der Waals surface area contributed by atoms with Crippen molar-refractivity contribution in [3.63, 3.8) is 0 Å². The van der Waals surface area contributed by atoms with Gasteiger partial charge in [-0.05, 0) is 38.4 Å². The number of hydrogen-bond donors (Lipinski definition) is 1. The molecule has 1 aliphatic rings. The predicted octanol–water partition coefficient (Wildman–Crippen LogP) is 3.84. The molecule has 0 spiro atoms. The average molecular weight is 374 g/mol. The molecule has 2 heterocycles. The first-order valence-corrected chi connectivity index (χ1v) is 8.68. The topological polar surface area (TPSA) is 41.3 Å². The van der Waals surface area contributed by atoms with Crippen LogP contribution in [0, 0.1) is 0 Å². The maximum Gasteiger partial charge on any atom is 0.177 e. The van der Waals surface area contributed by atoms with Crippen molar-refractivity contribution in [2.24, 2.45) is 0 Å². The van der Waals surface area contributed by atoms with Gasteiger partial charge in [0.15, 0.2) is 11.4 Å². The van der Waals surface area contributed by atoms with E-state index in [-0.39, 0.29) is 0 Å². The van der Waals surface area contributed by atoms with E-state index in [1.165, 1.54) is 0 Å². The van der Waals surface area contributed by atoms with E-state index in [1.807, 2.05) is 49.0 Å². The summed E-state index contributed by atoms with van der Waals surface area (Å²) in [6.45, 7) is 0.702. The number of fused-ring (bicyclic) bond motifs is 3. The lowest BCUT2D eigenvalue weighted by atomic mass is 9.87. The number of rotatable bonds is 3. The lowest BCUT2D eigenvalue weighted by Gasteiger charge is -2.24. The van der Waals surface area contributed by atoms with Gasteiger partial charge in [-0.15, -0.1) is 0 Å². The van der Waals surface area contributed by atoms with Crippen LogP contribution in [0.1, 0.15) is 22.6 Å². The fourth-order valence-corrected chi connectivity index (χ4v) is 3.92. The second-order valence-corrected chi connectivity index (χ2v) is 7.34. The van der Waals surface area contributed by atoms with Crippen molar-refractivity contribution < 1.29 is 5.11 Å². The summed E-state index contributed by atoms with van der Waals surface area (Å²) in [5, 5.41) is 12.8. The summed E-state index contributed by atoms with van der Waals surface area (Å²) < 4.78 is 2.00. The molecule has 0 saturated heterocycles. The van der Waals surface area contributed by atoms with Crippen LogP contribution >= 0.6 is 23.2 Å². The highest BCUT2D eigenvalue weighted by Crippen LogP contribution is 2.48. The van der Waals surface area contributed by atoms with Crippen LogP contribution < -0.4 is 0 Å². The van der Waals surface area contributed by atoms with Gasteiger partial charge in [-0.2, -0.15) is 0 Å². The number of hydrogen-bond acceptors (Lipinski definition) is 3. The van der Waals surface area contributed by atoms with Crippen LogP contribution in [0.4, 0.5) is 0 Å². The molecule has 128 valence electrons. The summed E-state index contributed by atoms with van der Waals surface area (Å²) in [5.41, 5.74) is 1.71. The lowest BCUT2D eigenvalue weighted by molar-refractivity contribution is 0.122. The Morgan fingerprint density at radius 2 is 1.88 bits per heavy atom. The maximum atomic E-state index is 11.8. The fourth-order valence-electron chi connectivity index (χ4n) is 3.48. The Hall–Kier alpha value is -1.85. The van der Waals surface area contributed by atoms with Crippen molar-refractivity contribution in [1.82, 2.24) is 14.5 Å². The van der Waals surface area contributed by atoms with E-state index in [0.717, 1.165) is 11.4 Å². The van der Waals surface area contributed by atoms with Crippen LogP contribution in [0.2, 0.25) is 10.0 Å². The number of aliphatic hydroxyl groups is 1. The molecule has 3 aromatic rings. The minimum atomic E-state index is -1.44. The predicted molar refractivity (Wildman–Crippen MR) is 99.5 cm³/mol. The molecule has 1 unspecified atom stereocenters.